The molecule has 0 unspecified atom stereocenters. The highest BCUT2D eigenvalue weighted by Crippen LogP contribution is 2.28. The number of piperazine rings is 1. The molecule has 2 fully saturated rings. The van der Waals surface area contributed by atoms with Gasteiger partial charge in [0, 0.05) is 26.2 Å². The van der Waals surface area contributed by atoms with Crippen LogP contribution in [-0.4, -0.2) is 73.7 Å². The maximum atomic E-state index is 11.5. The molecule has 0 aromatic heterocycles. The molecule has 2 heterocycles. The summed E-state index contributed by atoms with van der Waals surface area (Å²) in [7, 11) is 1.72. The Morgan fingerprint density at radius 3 is 2.58 bits per heavy atom. The minimum atomic E-state index is 0.208. The highest BCUT2D eigenvalue weighted by Gasteiger charge is 2.20. The molecule has 0 atom stereocenters. The van der Waals surface area contributed by atoms with Crippen molar-refractivity contribution >= 4 is 23.4 Å². The van der Waals surface area contributed by atoms with Crippen LogP contribution in [0.4, 0.5) is 5.69 Å². The van der Waals surface area contributed by atoms with Gasteiger partial charge in [-0.1, -0.05) is 24.0 Å². The highest BCUT2D eigenvalue weighted by molar-refractivity contribution is 8.00. The molecule has 0 radical (unpaired) electrons. The Morgan fingerprint density at radius 1 is 1.12 bits per heavy atom. The lowest BCUT2D eigenvalue weighted by molar-refractivity contribution is -0.126. The maximum Gasteiger partial charge on any atom is 0.234 e. The number of benzene rings is 1. The van der Waals surface area contributed by atoms with Crippen LogP contribution in [0.3, 0.4) is 0 Å². The van der Waals surface area contributed by atoms with Crippen molar-refractivity contribution in [1.82, 2.24) is 9.80 Å². The number of methoxy groups -OCH3 is 1. The maximum absolute atomic E-state index is 11.5. The van der Waals surface area contributed by atoms with E-state index in [-0.39, 0.29) is 5.91 Å². The van der Waals surface area contributed by atoms with Gasteiger partial charge in [-0.15, -0.1) is 11.8 Å². The summed E-state index contributed by atoms with van der Waals surface area (Å²) in [5.41, 5.74) is 1.16. The molecule has 1 aromatic carbocycles. The van der Waals surface area contributed by atoms with Gasteiger partial charge in [0.2, 0.25) is 5.91 Å². The fraction of sp³-hybridized carbons (Fsp3) is 0.500. The van der Waals surface area contributed by atoms with Gasteiger partial charge in [-0.2, -0.15) is 0 Å². The summed E-state index contributed by atoms with van der Waals surface area (Å²) in [6, 6.07) is 8.16. The molecule has 1 amide bonds. The molecule has 0 N–H and O–H groups in total. The largest absolute Gasteiger partial charge is 0.495 e. The summed E-state index contributed by atoms with van der Waals surface area (Å²) in [6.45, 7) is 5.27. The summed E-state index contributed by atoms with van der Waals surface area (Å²) >= 11 is 1.66. The van der Waals surface area contributed by atoms with Crippen LogP contribution in [0.25, 0.3) is 0 Å². The fourth-order valence-corrected chi connectivity index (χ4v) is 3.80. The third kappa shape index (κ3) is 4.16. The van der Waals surface area contributed by atoms with Crippen molar-refractivity contribution in [2.24, 2.45) is 0 Å². The van der Waals surface area contributed by atoms with Gasteiger partial charge in [0.05, 0.1) is 37.5 Å². The van der Waals surface area contributed by atoms with Crippen molar-refractivity contribution in [2.45, 2.75) is 0 Å². The number of anilines is 1. The average Bonchev–Trinajstić information content (AvgIpc) is 3.04. The number of rotatable bonds is 4. The Bertz CT molecular complexity index is 633. The zero-order valence-electron chi connectivity index (χ0n) is 14.0. The van der Waals surface area contributed by atoms with Crippen molar-refractivity contribution < 1.29 is 9.53 Å². The number of thioether (sulfide) groups is 1. The van der Waals surface area contributed by atoms with Crippen LogP contribution in [0, 0.1) is 11.8 Å². The van der Waals surface area contributed by atoms with E-state index >= 15 is 0 Å². The number of amides is 1. The Morgan fingerprint density at radius 2 is 1.88 bits per heavy atom. The van der Waals surface area contributed by atoms with Gasteiger partial charge in [0.25, 0.3) is 0 Å². The van der Waals surface area contributed by atoms with E-state index in [4.69, 9.17) is 4.74 Å². The minimum absolute atomic E-state index is 0.208. The van der Waals surface area contributed by atoms with Crippen LogP contribution in [-0.2, 0) is 4.79 Å². The first-order chi connectivity index (χ1) is 11.8. The lowest BCUT2D eigenvalue weighted by Gasteiger charge is -2.35. The number of hydrogen-bond donors (Lipinski definition) is 0. The SMILES string of the molecule is COc1ccccc1N1CCN(CC#CCN2CSCC2=O)CC1. The topological polar surface area (TPSA) is 36.0 Å². The molecule has 0 spiro atoms. The molecule has 3 rings (SSSR count). The minimum Gasteiger partial charge on any atom is -0.495 e. The van der Waals surface area contributed by atoms with E-state index in [0.717, 1.165) is 50.0 Å². The zero-order valence-corrected chi connectivity index (χ0v) is 14.8. The van der Waals surface area contributed by atoms with Gasteiger partial charge in [-0.3, -0.25) is 9.69 Å². The first kappa shape index (κ1) is 17.0. The third-order valence-corrected chi connectivity index (χ3v) is 5.27. The third-order valence-electron chi connectivity index (χ3n) is 4.32. The lowest BCUT2D eigenvalue weighted by atomic mass is 10.2. The number of carbonyl (C=O) groups is 1. The van der Waals surface area contributed by atoms with Crippen LogP contribution < -0.4 is 9.64 Å². The van der Waals surface area contributed by atoms with Gasteiger partial charge >= 0.3 is 0 Å². The van der Waals surface area contributed by atoms with Gasteiger partial charge in [-0.25, -0.2) is 0 Å². The Hall–Kier alpha value is -1.84. The number of ether oxygens (including phenoxy) is 1. The number of carbonyl (C=O) groups excluding carboxylic acids is 1. The quantitative estimate of drug-likeness (QED) is 0.770. The molecular formula is C18H23N3O2S. The standard InChI is InChI=1S/C18H23N3O2S/c1-23-17-7-3-2-6-16(17)20-12-10-19(11-13-20)8-4-5-9-21-15-24-14-18(21)22/h2-3,6-7H,8-15H2,1H3. The molecule has 2 aliphatic heterocycles. The van der Waals surface area contributed by atoms with Crippen molar-refractivity contribution in [3.8, 4) is 17.6 Å². The van der Waals surface area contributed by atoms with E-state index in [1.807, 2.05) is 23.1 Å². The van der Waals surface area contributed by atoms with Crippen molar-refractivity contribution in [3.63, 3.8) is 0 Å². The summed E-state index contributed by atoms with van der Waals surface area (Å²) in [6.07, 6.45) is 0. The normalized spacial score (nSPS) is 18.5. The van der Waals surface area contributed by atoms with Crippen LogP contribution in [0.5, 0.6) is 5.75 Å². The van der Waals surface area contributed by atoms with Crippen LogP contribution >= 0.6 is 11.8 Å². The summed E-state index contributed by atoms with van der Waals surface area (Å²) < 4.78 is 5.45. The van der Waals surface area contributed by atoms with E-state index in [1.54, 1.807) is 18.9 Å². The van der Waals surface area contributed by atoms with Gasteiger partial charge in [0.15, 0.2) is 0 Å². The molecular weight excluding hydrogens is 322 g/mol. The second-order valence-electron chi connectivity index (χ2n) is 5.86. The predicted octanol–water partition coefficient (Wildman–Crippen LogP) is 1.35. The summed E-state index contributed by atoms with van der Waals surface area (Å²) in [4.78, 5) is 18.0. The molecule has 1 aromatic rings. The number of para-hydroxylation sites is 2. The molecule has 0 aliphatic carbocycles. The zero-order chi connectivity index (χ0) is 16.8. The number of nitrogens with zero attached hydrogens (tertiary/aromatic N) is 3. The van der Waals surface area contributed by atoms with Crippen molar-refractivity contribution in [3.05, 3.63) is 24.3 Å². The predicted molar refractivity (Wildman–Crippen MR) is 98.5 cm³/mol. The van der Waals surface area contributed by atoms with E-state index in [0.29, 0.717) is 12.3 Å². The molecule has 6 heteroatoms. The molecule has 24 heavy (non-hydrogen) atoms. The van der Waals surface area contributed by atoms with E-state index in [2.05, 4.69) is 27.7 Å². The summed E-state index contributed by atoms with van der Waals surface area (Å²) in [5.74, 6) is 8.87. The Labute approximate surface area is 147 Å². The molecule has 0 bridgehead atoms. The fourth-order valence-electron chi connectivity index (χ4n) is 2.90. The molecule has 0 saturated carbocycles. The Balaban J connectivity index is 1.45. The van der Waals surface area contributed by atoms with E-state index in [9.17, 15) is 4.79 Å². The first-order valence-corrected chi connectivity index (χ1v) is 9.35. The van der Waals surface area contributed by atoms with Gasteiger partial charge in [0.1, 0.15) is 5.75 Å². The van der Waals surface area contributed by atoms with Crippen LogP contribution in [0.1, 0.15) is 0 Å². The number of hydrogen-bond acceptors (Lipinski definition) is 5. The van der Waals surface area contributed by atoms with E-state index < -0.39 is 0 Å². The monoisotopic (exact) mass is 345 g/mol. The molecule has 2 aliphatic rings. The van der Waals surface area contributed by atoms with Crippen LogP contribution in [0.15, 0.2) is 24.3 Å². The molecule has 5 nitrogen and oxygen atoms in total. The van der Waals surface area contributed by atoms with E-state index in [1.165, 1.54) is 0 Å². The lowest BCUT2D eigenvalue weighted by Crippen LogP contribution is -2.46. The van der Waals surface area contributed by atoms with Crippen molar-refractivity contribution in [2.75, 3.05) is 62.9 Å². The van der Waals surface area contributed by atoms with Gasteiger partial charge in [-0.05, 0) is 12.1 Å². The second kappa shape index (κ2) is 8.32. The smallest absolute Gasteiger partial charge is 0.234 e. The molecule has 128 valence electrons. The summed E-state index contributed by atoms with van der Waals surface area (Å²) in [5, 5.41) is 0. The first-order valence-electron chi connectivity index (χ1n) is 8.19. The second-order valence-corrected chi connectivity index (χ2v) is 6.81. The van der Waals surface area contributed by atoms with Gasteiger partial charge < -0.3 is 14.5 Å². The average molecular weight is 345 g/mol. The molecule has 2 saturated heterocycles. The van der Waals surface area contributed by atoms with Crippen LogP contribution in [0.2, 0.25) is 0 Å². The Kier molecular flexibility index (Phi) is 5.89. The van der Waals surface area contributed by atoms with Crippen molar-refractivity contribution in [1.29, 1.82) is 0 Å². The highest BCUT2D eigenvalue weighted by atomic mass is 32.2.